The van der Waals surface area contributed by atoms with Gasteiger partial charge in [0.15, 0.2) is 5.69 Å². The maximum Gasteiger partial charge on any atom is 0.279 e. The zero-order chi connectivity index (χ0) is 18.1. The number of nitrogens with zero attached hydrogens (tertiary/aromatic N) is 4. The Labute approximate surface area is 149 Å². The fraction of sp³-hybridized carbons (Fsp3) is 0.471. The van der Waals surface area contributed by atoms with Crippen LogP contribution in [0.1, 0.15) is 41.4 Å². The molecule has 1 amide bonds. The van der Waals surface area contributed by atoms with Gasteiger partial charge in [0.05, 0.1) is 6.10 Å². The van der Waals surface area contributed by atoms with Gasteiger partial charge in [0, 0.05) is 49.2 Å². The molecule has 2 aromatic heterocycles. The molecule has 1 saturated heterocycles. The summed E-state index contributed by atoms with van der Waals surface area (Å²) in [6.07, 6.45) is 6.30. The quantitative estimate of drug-likeness (QED) is 0.693. The molecule has 4 rings (SSSR count). The molecule has 2 fully saturated rings. The number of nitrogens with one attached hydrogen (secondary N) is 2. The van der Waals surface area contributed by atoms with Crippen molar-refractivity contribution in [1.29, 1.82) is 0 Å². The lowest BCUT2D eigenvalue weighted by Gasteiger charge is -2.35. The molecule has 0 aromatic carbocycles. The highest BCUT2D eigenvalue weighted by Gasteiger charge is 2.34. The number of hydrogen-bond acceptors (Lipinski definition) is 7. The zero-order valence-corrected chi connectivity index (χ0v) is 14.1. The van der Waals surface area contributed by atoms with Gasteiger partial charge in [0.25, 0.3) is 11.5 Å². The fourth-order valence-electron chi connectivity index (χ4n) is 3.45. The van der Waals surface area contributed by atoms with Crippen molar-refractivity contribution < 1.29 is 9.90 Å². The van der Waals surface area contributed by atoms with E-state index in [0.29, 0.717) is 6.54 Å². The van der Waals surface area contributed by atoms with Gasteiger partial charge in [0.1, 0.15) is 12.1 Å². The monoisotopic (exact) mass is 356 g/mol. The Kier molecular flexibility index (Phi) is 4.37. The number of amides is 1. The predicted molar refractivity (Wildman–Crippen MR) is 93.0 cm³/mol. The summed E-state index contributed by atoms with van der Waals surface area (Å²) >= 11 is 0. The number of H-pyrrole nitrogens is 1. The van der Waals surface area contributed by atoms with E-state index in [2.05, 4.69) is 30.2 Å². The van der Waals surface area contributed by atoms with Crippen molar-refractivity contribution in [1.82, 2.24) is 25.3 Å². The average molecular weight is 356 g/mol. The van der Waals surface area contributed by atoms with Crippen molar-refractivity contribution in [2.75, 3.05) is 18.0 Å². The Morgan fingerprint density at radius 3 is 2.88 bits per heavy atom. The Morgan fingerprint density at radius 2 is 2.15 bits per heavy atom. The van der Waals surface area contributed by atoms with Gasteiger partial charge >= 0.3 is 0 Å². The molecule has 0 unspecified atom stereocenters. The molecule has 9 heteroatoms. The number of aromatic amines is 1. The molecule has 3 heterocycles. The van der Waals surface area contributed by atoms with E-state index >= 15 is 0 Å². The van der Waals surface area contributed by atoms with Gasteiger partial charge in [-0.05, 0) is 19.3 Å². The molecule has 26 heavy (non-hydrogen) atoms. The van der Waals surface area contributed by atoms with Crippen LogP contribution in [-0.4, -0.2) is 56.2 Å². The molecule has 1 aliphatic heterocycles. The van der Waals surface area contributed by atoms with Crippen LogP contribution in [0.2, 0.25) is 0 Å². The van der Waals surface area contributed by atoms with Crippen LogP contribution in [0.15, 0.2) is 29.6 Å². The molecule has 0 radical (unpaired) electrons. The molecular formula is C17H20N6O3. The third-order valence-corrected chi connectivity index (χ3v) is 4.98. The Morgan fingerprint density at radius 1 is 1.31 bits per heavy atom. The summed E-state index contributed by atoms with van der Waals surface area (Å²) in [7, 11) is 0. The second-order valence-corrected chi connectivity index (χ2v) is 6.80. The number of aromatic nitrogens is 4. The highest BCUT2D eigenvalue weighted by molar-refractivity contribution is 5.92. The molecule has 0 bridgehead atoms. The first-order valence-corrected chi connectivity index (χ1v) is 8.69. The normalized spacial score (nSPS) is 25.0. The summed E-state index contributed by atoms with van der Waals surface area (Å²) in [5.41, 5.74) is 0.333. The minimum atomic E-state index is -0.492. The van der Waals surface area contributed by atoms with E-state index in [1.807, 2.05) is 6.07 Å². The van der Waals surface area contributed by atoms with Gasteiger partial charge in [-0.2, -0.15) is 0 Å². The molecule has 1 saturated carbocycles. The van der Waals surface area contributed by atoms with Crippen molar-refractivity contribution in [2.24, 2.45) is 0 Å². The summed E-state index contributed by atoms with van der Waals surface area (Å²) < 4.78 is 0. The molecule has 2 aromatic rings. The highest BCUT2D eigenvalue weighted by atomic mass is 16.3. The number of carbonyl (C=O) groups is 1. The van der Waals surface area contributed by atoms with E-state index in [-0.39, 0.29) is 23.8 Å². The largest absolute Gasteiger partial charge is 0.391 e. The smallest absolute Gasteiger partial charge is 0.279 e. The van der Waals surface area contributed by atoms with Gasteiger partial charge in [-0.15, -0.1) is 0 Å². The number of hydrogen-bond donors (Lipinski definition) is 3. The van der Waals surface area contributed by atoms with E-state index in [9.17, 15) is 14.7 Å². The number of anilines is 1. The lowest BCUT2D eigenvalue weighted by molar-refractivity contribution is 0.0901. The topological polar surface area (TPSA) is 124 Å². The summed E-state index contributed by atoms with van der Waals surface area (Å²) in [6.45, 7) is 1.39. The van der Waals surface area contributed by atoms with E-state index in [1.54, 1.807) is 6.33 Å². The van der Waals surface area contributed by atoms with Crippen LogP contribution in [-0.2, 0) is 0 Å². The van der Waals surface area contributed by atoms with Crippen molar-refractivity contribution in [3.63, 3.8) is 0 Å². The van der Waals surface area contributed by atoms with Crippen LogP contribution in [0.25, 0.3) is 0 Å². The third-order valence-electron chi connectivity index (χ3n) is 4.98. The molecule has 2 aliphatic rings. The van der Waals surface area contributed by atoms with Crippen LogP contribution in [0.5, 0.6) is 0 Å². The first kappa shape index (κ1) is 16.6. The Hall–Kier alpha value is -2.81. The molecule has 1 atom stereocenters. The predicted octanol–water partition coefficient (Wildman–Crippen LogP) is -0.193. The average Bonchev–Trinajstić information content (AvgIpc) is 3.04. The fourth-order valence-corrected chi connectivity index (χ4v) is 3.45. The highest BCUT2D eigenvalue weighted by Crippen LogP contribution is 2.36. The molecule has 136 valence electrons. The lowest BCUT2D eigenvalue weighted by Crippen LogP contribution is -2.45. The molecule has 1 aliphatic carbocycles. The Balaban J connectivity index is 1.36. The minimum absolute atomic E-state index is 0.000861. The maximum atomic E-state index is 12.1. The van der Waals surface area contributed by atoms with Crippen LogP contribution >= 0.6 is 0 Å². The van der Waals surface area contributed by atoms with Crippen LogP contribution in [0.4, 0.5) is 5.82 Å². The number of aliphatic hydroxyl groups is 1. The molecule has 0 spiro atoms. The minimum Gasteiger partial charge on any atom is -0.391 e. The second kappa shape index (κ2) is 6.83. The molecule has 9 nitrogen and oxygen atoms in total. The lowest BCUT2D eigenvalue weighted by atomic mass is 9.78. The molecule has 3 N–H and O–H groups in total. The van der Waals surface area contributed by atoms with Gasteiger partial charge in [-0.25, -0.2) is 15.0 Å². The second-order valence-electron chi connectivity index (χ2n) is 6.80. The van der Waals surface area contributed by atoms with E-state index < -0.39 is 11.5 Å². The molecular weight excluding hydrogens is 336 g/mol. The van der Waals surface area contributed by atoms with E-state index in [1.165, 1.54) is 12.4 Å². The summed E-state index contributed by atoms with van der Waals surface area (Å²) in [5, 5.41) is 12.5. The first-order valence-electron chi connectivity index (χ1n) is 8.69. The van der Waals surface area contributed by atoms with Crippen LogP contribution in [0.3, 0.4) is 0 Å². The van der Waals surface area contributed by atoms with Crippen LogP contribution in [0, 0.1) is 0 Å². The summed E-state index contributed by atoms with van der Waals surface area (Å²) in [4.78, 5) is 40.7. The van der Waals surface area contributed by atoms with Gasteiger partial charge in [-0.1, -0.05) is 0 Å². The zero-order valence-electron chi connectivity index (χ0n) is 14.1. The van der Waals surface area contributed by atoms with Crippen LogP contribution < -0.4 is 15.8 Å². The summed E-state index contributed by atoms with van der Waals surface area (Å²) in [6, 6.07) is 1.96. The third kappa shape index (κ3) is 3.30. The van der Waals surface area contributed by atoms with Gasteiger partial charge in [0.2, 0.25) is 0 Å². The number of carbonyl (C=O) groups excluding carboxylic acids is 1. The maximum absolute atomic E-state index is 12.1. The number of rotatable bonds is 4. The number of β-amino-alcohol motifs (C(OH)–C–C–N with tert-alkyl or cyclic N) is 1. The van der Waals surface area contributed by atoms with Crippen molar-refractivity contribution >= 4 is 11.7 Å². The first-order chi connectivity index (χ1) is 12.6. The van der Waals surface area contributed by atoms with Crippen molar-refractivity contribution in [3.8, 4) is 0 Å². The van der Waals surface area contributed by atoms with E-state index in [4.69, 9.17) is 0 Å². The van der Waals surface area contributed by atoms with Crippen molar-refractivity contribution in [2.45, 2.75) is 37.3 Å². The number of aliphatic hydroxyl groups excluding tert-OH is 1. The van der Waals surface area contributed by atoms with Crippen molar-refractivity contribution in [3.05, 3.63) is 46.5 Å². The van der Waals surface area contributed by atoms with E-state index in [0.717, 1.165) is 37.3 Å². The van der Waals surface area contributed by atoms with Gasteiger partial charge in [-0.3, -0.25) is 9.59 Å². The van der Waals surface area contributed by atoms with Gasteiger partial charge < -0.3 is 20.3 Å². The Bertz CT molecular complexity index is 863. The summed E-state index contributed by atoms with van der Waals surface area (Å²) in [5.74, 6) is 0.625. The SMILES string of the molecule is O=C(NC1CC(c2cc(N3CC[C@H](O)C3)ncn2)C1)c1ncc[nH]c1=O. The standard InChI is InChI=1S/C17H20N6O3/c24-12-1-4-23(8-12)14-7-13(20-9-21-14)10-5-11(6-10)22-17(26)15-16(25)19-3-2-18-15/h2-3,7,9-12,24H,1,4-6,8H2,(H,19,25)(H,22,26)/t10?,11?,12-/m0/s1.